The Labute approximate surface area is 271 Å². The Hall–Kier alpha value is -5.49. The molecule has 4 aromatic rings. The molecular weight excluding hydrogens is 608 g/mol. The summed E-state index contributed by atoms with van der Waals surface area (Å²) < 4.78 is 25.6. The SMILES string of the molecule is CC(=O)OCOC(=O)CC(C)N(CC(=O)c1ccc(OCc2ccccc2)c2[nH]c(C(=O)OCOC(C)=O)cc12)Cc1ccccc1. The fraction of sp³-hybridized carbons (Fsp3) is 0.286. The Morgan fingerprint density at radius 1 is 0.766 bits per heavy atom. The molecule has 1 atom stereocenters. The summed E-state index contributed by atoms with van der Waals surface area (Å²) in [5.41, 5.74) is 2.59. The standard InChI is InChI=1S/C35H36N2O10/c1-23(16-33(41)46-21-44-24(2)38)37(18-26-10-6-4-7-11-26)19-31(40)28-14-15-32(43-20-27-12-8-5-9-13-27)34-29(28)17-30(36-34)35(42)47-22-45-25(3)39/h4-15,17,23,36H,16,18-22H2,1-3H3. The van der Waals surface area contributed by atoms with E-state index in [1.165, 1.54) is 19.9 Å². The van der Waals surface area contributed by atoms with Gasteiger partial charge in [0.15, 0.2) is 5.78 Å². The topological polar surface area (TPSA) is 151 Å². The fourth-order valence-corrected chi connectivity index (χ4v) is 4.71. The van der Waals surface area contributed by atoms with Crippen LogP contribution in [0.2, 0.25) is 0 Å². The van der Waals surface area contributed by atoms with E-state index in [2.05, 4.69) is 4.98 Å². The number of esters is 4. The van der Waals surface area contributed by atoms with Crippen molar-refractivity contribution in [2.75, 3.05) is 20.1 Å². The van der Waals surface area contributed by atoms with Gasteiger partial charge < -0.3 is 28.7 Å². The van der Waals surface area contributed by atoms with E-state index in [1.807, 2.05) is 65.6 Å². The second-order valence-corrected chi connectivity index (χ2v) is 10.7. The van der Waals surface area contributed by atoms with Gasteiger partial charge in [0.1, 0.15) is 18.1 Å². The molecule has 47 heavy (non-hydrogen) atoms. The van der Waals surface area contributed by atoms with Gasteiger partial charge >= 0.3 is 23.9 Å². The van der Waals surface area contributed by atoms with Crippen LogP contribution in [-0.4, -0.2) is 65.7 Å². The first kappa shape index (κ1) is 34.4. The van der Waals surface area contributed by atoms with Crippen LogP contribution in [0, 0.1) is 0 Å². The number of ketones is 1. The lowest BCUT2D eigenvalue weighted by Gasteiger charge is -2.28. The number of hydrogen-bond acceptors (Lipinski definition) is 11. The van der Waals surface area contributed by atoms with Crippen molar-refractivity contribution in [3.8, 4) is 5.75 Å². The molecule has 1 N–H and O–H groups in total. The van der Waals surface area contributed by atoms with Crippen LogP contribution in [0.3, 0.4) is 0 Å². The molecule has 1 aromatic heterocycles. The highest BCUT2D eigenvalue weighted by molar-refractivity contribution is 6.11. The normalized spacial score (nSPS) is 11.5. The molecule has 3 aromatic carbocycles. The minimum Gasteiger partial charge on any atom is -0.487 e. The summed E-state index contributed by atoms with van der Waals surface area (Å²) in [4.78, 5) is 66.2. The van der Waals surface area contributed by atoms with Crippen molar-refractivity contribution < 1.29 is 47.7 Å². The van der Waals surface area contributed by atoms with E-state index < -0.39 is 43.5 Å². The van der Waals surface area contributed by atoms with Crippen molar-refractivity contribution in [2.45, 2.75) is 46.4 Å². The summed E-state index contributed by atoms with van der Waals surface area (Å²) in [5.74, 6) is -2.43. The number of carbonyl (C=O) groups is 5. The highest BCUT2D eigenvalue weighted by Gasteiger charge is 2.25. The van der Waals surface area contributed by atoms with Crippen molar-refractivity contribution in [1.82, 2.24) is 9.88 Å². The first-order valence-corrected chi connectivity index (χ1v) is 14.8. The number of aromatic nitrogens is 1. The molecule has 1 unspecified atom stereocenters. The number of H-pyrrole nitrogens is 1. The molecule has 0 saturated carbocycles. The van der Waals surface area contributed by atoms with Gasteiger partial charge in [-0.3, -0.25) is 24.1 Å². The largest absolute Gasteiger partial charge is 0.487 e. The quantitative estimate of drug-likeness (QED) is 0.100. The van der Waals surface area contributed by atoms with Gasteiger partial charge in [0.25, 0.3) is 0 Å². The lowest BCUT2D eigenvalue weighted by Crippen LogP contribution is -2.38. The van der Waals surface area contributed by atoms with Crippen LogP contribution in [-0.2, 0) is 46.5 Å². The highest BCUT2D eigenvalue weighted by Crippen LogP contribution is 2.31. The number of benzene rings is 3. The van der Waals surface area contributed by atoms with Gasteiger partial charge in [0.2, 0.25) is 13.6 Å². The molecule has 4 rings (SSSR count). The van der Waals surface area contributed by atoms with E-state index in [4.69, 9.17) is 23.7 Å². The molecule has 0 spiro atoms. The first-order valence-electron chi connectivity index (χ1n) is 14.8. The summed E-state index contributed by atoms with van der Waals surface area (Å²) in [5, 5.41) is 0.424. The Balaban J connectivity index is 1.61. The van der Waals surface area contributed by atoms with Gasteiger partial charge in [-0.1, -0.05) is 60.7 Å². The molecule has 0 radical (unpaired) electrons. The molecule has 0 amide bonds. The van der Waals surface area contributed by atoms with Crippen molar-refractivity contribution >= 4 is 40.6 Å². The number of ether oxygens (including phenoxy) is 5. The van der Waals surface area contributed by atoms with Crippen molar-refractivity contribution in [1.29, 1.82) is 0 Å². The molecule has 0 saturated heterocycles. The van der Waals surface area contributed by atoms with E-state index in [9.17, 15) is 24.0 Å². The third-order valence-corrected chi connectivity index (χ3v) is 7.11. The van der Waals surface area contributed by atoms with Gasteiger partial charge in [-0.05, 0) is 36.2 Å². The number of Topliss-reactive ketones (excluding diaryl/α,β-unsaturated/α-hetero) is 1. The Morgan fingerprint density at radius 3 is 2.02 bits per heavy atom. The average Bonchev–Trinajstić information content (AvgIpc) is 3.50. The summed E-state index contributed by atoms with van der Waals surface area (Å²) in [7, 11) is 0. The van der Waals surface area contributed by atoms with E-state index in [-0.39, 0.29) is 31.0 Å². The number of hydrogen-bond donors (Lipinski definition) is 1. The average molecular weight is 645 g/mol. The lowest BCUT2D eigenvalue weighted by molar-refractivity contribution is -0.166. The molecule has 1 heterocycles. The zero-order chi connectivity index (χ0) is 33.8. The van der Waals surface area contributed by atoms with Crippen LogP contribution in [0.15, 0.2) is 78.9 Å². The summed E-state index contributed by atoms with van der Waals surface area (Å²) >= 11 is 0. The fourth-order valence-electron chi connectivity index (χ4n) is 4.71. The monoisotopic (exact) mass is 644 g/mol. The number of rotatable bonds is 16. The second-order valence-electron chi connectivity index (χ2n) is 10.7. The third-order valence-electron chi connectivity index (χ3n) is 7.11. The number of nitrogens with zero attached hydrogens (tertiary/aromatic N) is 1. The molecule has 12 nitrogen and oxygen atoms in total. The van der Waals surface area contributed by atoms with Crippen LogP contribution >= 0.6 is 0 Å². The Morgan fingerprint density at radius 2 is 1.38 bits per heavy atom. The molecule has 0 bridgehead atoms. The van der Waals surface area contributed by atoms with Crippen LogP contribution < -0.4 is 4.74 Å². The van der Waals surface area contributed by atoms with E-state index in [1.54, 1.807) is 19.1 Å². The van der Waals surface area contributed by atoms with Crippen LogP contribution in [0.5, 0.6) is 5.75 Å². The van der Waals surface area contributed by atoms with Crippen LogP contribution in [0.25, 0.3) is 10.9 Å². The van der Waals surface area contributed by atoms with E-state index >= 15 is 0 Å². The summed E-state index contributed by atoms with van der Waals surface area (Å²) in [6.07, 6.45) is -0.0640. The maximum atomic E-state index is 14.0. The van der Waals surface area contributed by atoms with Gasteiger partial charge in [0.05, 0.1) is 18.5 Å². The molecule has 0 fully saturated rings. The summed E-state index contributed by atoms with van der Waals surface area (Å²) in [6, 6.07) is 23.3. The predicted molar refractivity (Wildman–Crippen MR) is 169 cm³/mol. The van der Waals surface area contributed by atoms with Crippen LogP contribution in [0.4, 0.5) is 0 Å². The lowest BCUT2D eigenvalue weighted by atomic mass is 10.0. The Bertz CT molecular complexity index is 1700. The van der Waals surface area contributed by atoms with Crippen molar-refractivity contribution in [3.63, 3.8) is 0 Å². The zero-order valence-corrected chi connectivity index (χ0v) is 26.4. The summed E-state index contributed by atoms with van der Waals surface area (Å²) in [6.45, 7) is 3.66. The minimum atomic E-state index is -0.790. The minimum absolute atomic E-state index is 0.0296. The number of nitrogens with one attached hydrogen (secondary N) is 1. The predicted octanol–water partition coefficient (Wildman–Crippen LogP) is 4.95. The van der Waals surface area contributed by atoms with Crippen LogP contribution in [0.1, 0.15) is 59.2 Å². The number of carbonyl (C=O) groups excluding carboxylic acids is 5. The molecule has 0 aliphatic heterocycles. The maximum absolute atomic E-state index is 14.0. The third kappa shape index (κ3) is 10.3. The van der Waals surface area contributed by atoms with Gasteiger partial charge in [-0.25, -0.2) is 4.79 Å². The van der Waals surface area contributed by atoms with Gasteiger partial charge in [0, 0.05) is 37.4 Å². The van der Waals surface area contributed by atoms with Crippen molar-refractivity contribution in [3.05, 3.63) is 101 Å². The molecular formula is C35H36N2O10. The molecule has 12 heteroatoms. The molecule has 0 aliphatic rings. The molecule has 0 aliphatic carbocycles. The second kappa shape index (κ2) is 16.7. The first-order chi connectivity index (χ1) is 22.6. The van der Waals surface area contributed by atoms with Gasteiger partial charge in [-0.2, -0.15) is 0 Å². The maximum Gasteiger partial charge on any atom is 0.357 e. The van der Waals surface area contributed by atoms with E-state index in [0.29, 0.717) is 28.8 Å². The highest BCUT2D eigenvalue weighted by atomic mass is 16.7. The van der Waals surface area contributed by atoms with Crippen molar-refractivity contribution in [2.24, 2.45) is 0 Å². The van der Waals surface area contributed by atoms with Gasteiger partial charge in [-0.15, -0.1) is 0 Å². The molecule has 246 valence electrons. The Kier molecular flexibility index (Phi) is 12.2. The smallest absolute Gasteiger partial charge is 0.357 e. The number of fused-ring (bicyclic) bond motifs is 1. The van der Waals surface area contributed by atoms with E-state index in [0.717, 1.165) is 11.1 Å². The zero-order valence-electron chi connectivity index (χ0n) is 26.4. The number of aromatic amines is 1.